The predicted octanol–water partition coefficient (Wildman–Crippen LogP) is 3.22. The van der Waals surface area contributed by atoms with E-state index in [1.807, 2.05) is 54.0 Å². The second-order valence-electron chi connectivity index (χ2n) is 6.46. The number of halogens is 1. The van der Waals surface area contributed by atoms with Gasteiger partial charge in [-0.1, -0.05) is 6.07 Å². The maximum absolute atomic E-state index is 5.49. The number of nitrogens with zero attached hydrogens (tertiary/aromatic N) is 4. The number of imidazole rings is 1. The zero-order valence-corrected chi connectivity index (χ0v) is 19.6. The molecule has 0 bridgehead atoms. The van der Waals surface area contributed by atoms with E-state index in [0.29, 0.717) is 6.54 Å². The number of pyridine rings is 1. The number of nitrogens with one attached hydrogen (secondary N) is 1. The van der Waals surface area contributed by atoms with E-state index < -0.39 is 0 Å². The van der Waals surface area contributed by atoms with Crippen molar-refractivity contribution in [2.75, 3.05) is 34.9 Å². The van der Waals surface area contributed by atoms with E-state index in [-0.39, 0.29) is 24.0 Å². The van der Waals surface area contributed by atoms with E-state index in [1.165, 1.54) is 0 Å². The molecule has 0 saturated heterocycles. The summed E-state index contributed by atoms with van der Waals surface area (Å²) in [7, 11) is 7.11. The molecular formula is C21H28IN5O2. The van der Waals surface area contributed by atoms with Crippen molar-refractivity contribution in [1.29, 1.82) is 0 Å². The van der Waals surface area contributed by atoms with Gasteiger partial charge in [-0.05, 0) is 24.3 Å². The monoisotopic (exact) mass is 509 g/mol. The highest BCUT2D eigenvalue weighted by Crippen LogP contribution is 2.25. The van der Waals surface area contributed by atoms with Gasteiger partial charge in [-0.2, -0.15) is 0 Å². The summed E-state index contributed by atoms with van der Waals surface area (Å²) in [5.41, 5.74) is 3.08. The Morgan fingerprint density at radius 1 is 1.21 bits per heavy atom. The van der Waals surface area contributed by atoms with Crippen molar-refractivity contribution in [2.24, 2.45) is 4.99 Å². The summed E-state index contributed by atoms with van der Waals surface area (Å²) in [6, 6.07) is 11.8. The number of guanidine groups is 1. The van der Waals surface area contributed by atoms with Gasteiger partial charge in [-0.15, -0.1) is 24.0 Å². The Hall–Kier alpha value is -2.49. The molecule has 29 heavy (non-hydrogen) atoms. The van der Waals surface area contributed by atoms with Crippen LogP contribution in [0.25, 0.3) is 5.65 Å². The molecule has 1 N–H and O–H groups in total. The van der Waals surface area contributed by atoms with Gasteiger partial charge in [-0.3, -0.25) is 4.99 Å². The van der Waals surface area contributed by atoms with Gasteiger partial charge >= 0.3 is 0 Å². The first-order chi connectivity index (χ1) is 13.6. The van der Waals surface area contributed by atoms with Crippen LogP contribution in [-0.2, 0) is 13.0 Å². The summed E-state index contributed by atoms with van der Waals surface area (Å²) in [5.74, 6) is 2.39. The number of aromatic nitrogens is 2. The van der Waals surface area contributed by atoms with Crippen LogP contribution in [0.5, 0.6) is 11.5 Å². The van der Waals surface area contributed by atoms with E-state index in [0.717, 1.165) is 47.3 Å². The minimum atomic E-state index is 0. The van der Waals surface area contributed by atoms with Crippen LogP contribution in [0.3, 0.4) is 0 Å². The molecule has 0 aliphatic rings. The molecule has 8 heteroatoms. The normalized spacial score (nSPS) is 11.1. The van der Waals surface area contributed by atoms with Crippen molar-refractivity contribution in [3.63, 3.8) is 0 Å². The van der Waals surface area contributed by atoms with Gasteiger partial charge < -0.3 is 24.1 Å². The lowest BCUT2D eigenvalue weighted by molar-refractivity contribution is 0.382. The van der Waals surface area contributed by atoms with Crippen LogP contribution in [-0.4, -0.2) is 55.1 Å². The molecule has 0 radical (unpaired) electrons. The van der Waals surface area contributed by atoms with Gasteiger partial charge in [0.25, 0.3) is 0 Å². The van der Waals surface area contributed by atoms with Crippen LogP contribution in [0.1, 0.15) is 11.3 Å². The van der Waals surface area contributed by atoms with Gasteiger partial charge in [0.2, 0.25) is 0 Å². The average molecular weight is 509 g/mol. The Kier molecular flexibility index (Phi) is 8.56. The topological polar surface area (TPSA) is 63.4 Å². The number of benzene rings is 1. The number of rotatable bonds is 7. The molecule has 0 aliphatic carbocycles. The van der Waals surface area contributed by atoms with Crippen LogP contribution in [0.4, 0.5) is 0 Å². The summed E-state index contributed by atoms with van der Waals surface area (Å²) in [6.07, 6.45) is 4.89. The van der Waals surface area contributed by atoms with E-state index in [1.54, 1.807) is 21.3 Å². The van der Waals surface area contributed by atoms with E-state index >= 15 is 0 Å². The fourth-order valence-corrected chi connectivity index (χ4v) is 3.11. The molecule has 156 valence electrons. The molecule has 0 fully saturated rings. The second-order valence-corrected chi connectivity index (χ2v) is 6.46. The molecule has 0 unspecified atom stereocenters. The summed E-state index contributed by atoms with van der Waals surface area (Å²) >= 11 is 0. The van der Waals surface area contributed by atoms with E-state index in [9.17, 15) is 0 Å². The summed E-state index contributed by atoms with van der Waals surface area (Å²) < 4.78 is 12.8. The highest BCUT2D eigenvalue weighted by molar-refractivity contribution is 14.0. The van der Waals surface area contributed by atoms with Gasteiger partial charge in [-0.25, -0.2) is 4.98 Å². The Morgan fingerprint density at radius 3 is 2.72 bits per heavy atom. The number of hydrogen-bond acceptors (Lipinski definition) is 4. The third-order valence-corrected chi connectivity index (χ3v) is 4.55. The number of fused-ring (bicyclic) bond motifs is 1. The summed E-state index contributed by atoms with van der Waals surface area (Å²) in [6.45, 7) is 1.42. The van der Waals surface area contributed by atoms with Crippen molar-refractivity contribution in [3.8, 4) is 11.5 Å². The minimum Gasteiger partial charge on any atom is -0.497 e. The number of methoxy groups -OCH3 is 2. The van der Waals surface area contributed by atoms with Crippen LogP contribution in [0.15, 0.2) is 53.8 Å². The predicted molar refractivity (Wildman–Crippen MR) is 127 cm³/mol. The van der Waals surface area contributed by atoms with E-state index in [4.69, 9.17) is 9.47 Å². The molecule has 1 aromatic carbocycles. The molecule has 0 saturated carbocycles. The lowest BCUT2D eigenvalue weighted by Gasteiger charge is -2.23. The van der Waals surface area contributed by atoms with Crippen molar-refractivity contribution in [1.82, 2.24) is 19.6 Å². The molecule has 0 aliphatic heterocycles. The Labute approximate surface area is 188 Å². The SMILES string of the molecule is CN=C(NCCc1cn2ccccc2n1)N(C)Cc1ccc(OC)cc1OC.I. The van der Waals surface area contributed by atoms with Gasteiger partial charge in [0.1, 0.15) is 17.1 Å². The molecule has 3 aromatic rings. The largest absolute Gasteiger partial charge is 0.497 e. The average Bonchev–Trinajstić information content (AvgIpc) is 3.14. The first kappa shape index (κ1) is 22.8. The molecule has 3 rings (SSSR count). The highest BCUT2D eigenvalue weighted by Gasteiger charge is 2.11. The van der Waals surface area contributed by atoms with Crippen molar-refractivity contribution in [3.05, 3.63) is 60.0 Å². The van der Waals surface area contributed by atoms with Crippen LogP contribution >= 0.6 is 24.0 Å². The molecule has 0 atom stereocenters. The maximum Gasteiger partial charge on any atom is 0.193 e. The number of hydrogen-bond donors (Lipinski definition) is 1. The first-order valence-electron chi connectivity index (χ1n) is 9.20. The second kappa shape index (κ2) is 10.9. The zero-order chi connectivity index (χ0) is 19.9. The highest BCUT2D eigenvalue weighted by atomic mass is 127. The summed E-state index contributed by atoms with van der Waals surface area (Å²) in [4.78, 5) is 11.1. The van der Waals surface area contributed by atoms with Gasteiger partial charge in [0, 0.05) is 57.6 Å². The van der Waals surface area contributed by atoms with Crippen molar-refractivity contribution in [2.45, 2.75) is 13.0 Å². The van der Waals surface area contributed by atoms with Gasteiger partial charge in [0.05, 0.1) is 19.9 Å². The van der Waals surface area contributed by atoms with Crippen molar-refractivity contribution < 1.29 is 9.47 Å². The molecule has 0 amide bonds. The van der Waals surface area contributed by atoms with Crippen LogP contribution in [0, 0.1) is 0 Å². The standard InChI is InChI=1S/C21H27N5O2.HI/c1-22-21(23-11-10-17-15-26-12-6-5-7-20(26)24-17)25(2)14-16-8-9-18(27-3)13-19(16)28-4;/h5-9,12-13,15H,10-11,14H2,1-4H3,(H,22,23);1H. The Morgan fingerprint density at radius 2 is 2.03 bits per heavy atom. The minimum absolute atomic E-state index is 0. The quantitative estimate of drug-likeness (QED) is 0.301. The third kappa shape index (κ3) is 5.75. The lowest BCUT2D eigenvalue weighted by Crippen LogP contribution is -2.39. The fraction of sp³-hybridized carbons (Fsp3) is 0.333. The van der Waals surface area contributed by atoms with E-state index in [2.05, 4.69) is 26.4 Å². The lowest BCUT2D eigenvalue weighted by atomic mass is 10.2. The number of ether oxygens (including phenoxy) is 2. The first-order valence-corrected chi connectivity index (χ1v) is 9.20. The zero-order valence-electron chi connectivity index (χ0n) is 17.3. The van der Waals surface area contributed by atoms with Gasteiger partial charge in [0.15, 0.2) is 5.96 Å². The smallest absolute Gasteiger partial charge is 0.193 e. The Bertz CT molecular complexity index is 924. The number of aliphatic imine (C=N–C) groups is 1. The van der Waals surface area contributed by atoms with Crippen LogP contribution < -0.4 is 14.8 Å². The molecule has 7 nitrogen and oxygen atoms in total. The molecule has 0 spiro atoms. The Balaban J connectivity index is 0.00000300. The molecular weight excluding hydrogens is 481 g/mol. The molecule has 2 aromatic heterocycles. The van der Waals surface area contributed by atoms with Crippen molar-refractivity contribution >= 4 is 35.6 Å². The van der Waals surface area contributed by atoms with Crippen LogP contribution in [0.2, 0.25) is 0 Å². The third-order valence-electron chi connectivity index (χ3n) is 4.55. The maximum atomic E-state index is 5.49. The summed E-state index contributed by atoms with van der Waals surface area (Å²) in [5, 5.41) is 3.40. The fourth-order valence-electron chi connectivity index (χ4n) is 3.11. The molecule has 2 heterocycles.